The summed E-state index contributed by atoms with van der Waals surface area (Å²) in [6, 6.07) is 5.35. The Morgan fingerprint density at radius 1 is 1.40 bits per heavy atom. The number of anilines is 1. The number of aliphatic hydroxyl groups excluding tert-OH is 1. The van der Waals surface area contributed by atoms with E-state index < -0.39 is 0 Å². The Bertz CT molecular complexity index is 449. The van der Waals surface area contributed by atoms with E-state index in [9.17, 15) is 10.1 Å². The molecule has 1 rings (SSSR count). The minimum Gasteiger partial charge on any atom is -0.396 e. The number of nitrogens with one attached hydrogen (secondary N) is 2. The molecule has 0 amide bonds. The molecule has 20 heavy (non-hydrogen) atoms. The third-order valence-corrected chi connectivity index (χ3v) is 3.34. The molecule has 6 nitrogen and oxygen atoms in total. The fourth-order valence-corrected chi connectivity index (χ4v) is 2.11. The number of nitro groups is 1. The van der Waals surface area contributed by atoms with Crippen LogP contribution >= 0.6 is 0 Å². The molecule has 0 aliphatic heterocycles. The first-order chi connectivity index (χ1) is 9.49. The Morgan fingerprint density at radius 3 is 2.60 bits per heavy atom. The summed E-state index contributed by atoms with van der Waals surface area (Å²) in [7, 11) is 1.66. The molecule has 0 radical (unpaired) electrons. The number of rotatable bonds is 8. The van der Waals surface area contributed by atoms with Gasteiger partial charge in [-0.2, -0.15) is 0 Å². The predicted octanol–water partition coefficient (Wildman–Crippen LogP) is 2.13. The van der Waals surface area contributed by atoms with Crippen LogP contribution < -0.4 is 10.6 Å². The van der Waals surface area contributed by atoms with Gasteiger partial charge in [-0.3, -0.25) is 10.1 Å². The van der Waals surface area contributed by atoms with E-state index in [0.717, 1.165) is 5.56 Å². The lowest BCUT2D eigenvalue weighted by Crippen LogP contribution is -2.34. The van der Waals surface area contributed by atoms with Crippen molar-refractivity contribution in [2.45, 2.75) is 32.9 Å². The highest BCUT2D eigenvalue weighted by Gasteiger charge is 2.15. The SMILES string of the molecule is CNc1ccc(CNC(CCO)C(C)C)cc1[N+](=O)[O-]. The van der Waals surface area contributed by atoms with E-state index >= 15 is 0 Å². The summed E-state index contributed by atoms with van der Waals surface area (Å²) in [5.41, 5.74) is 1.45. The summed E-state index contributed by atoms with van der Waals surface area (Å²) in [5, 5.41) is 26.2. The van der Waals surface area contributed by atoms with E-state index in [2.05, 4.69) is 24.5 Å². The van der Waals surface area contributed by atoms with Crippen LogP contribution in [0.15, 0.2) is 18.2 Å². The summed E-state index contributed by atoms with van der Waals surface area (Å²) in [6.45, 7) is 4.85. The average molecular weight is 281 g/mol. The van der Waals surface area contributed by atoms with Crippen LogP contribution in [0.3, 0.4) is 0 Å². The van der Waals surface area contributed by atoms with Crippen molar-refractivity contribution in [2.75, 3.05) is 19.0 Å². The first kappa shape index (κ1) is 16.4. The molecule has 0 aliphatic carbocycles. The molecule has 3 N–H and O–H groups in total. The first-order valence-electron chi connectivity index (χ1n) is 6.79. The fraction of sp³-hybridized carbons (Fsp3) is 0.571. The molecule has 0 aliphatic rings. The van der Waals surface area contributed by atoms with Gasteiger partial charge in [-0.1, -0.05) is 19.9 Å². The maximum atomic E-state index is 11.0. The van der Waals surface area contributed by atoms with Crippen LogP contribution in [0.25, 0.3) is 0 Å². The molecule has 1 aromatic carbocycles. The van der Waals surface area contributed by atoms with Gasteiger partial charge in [0.1, 0.15) is 5.69 Å². The summed E-state index contributed by atoms with van der Waals surface area (Å²) < 4.78 is 0. The van der Waals surface area contributed by atoms with Crippen LogP contribution in [0.1, 0.15) is 25.8 Å². The van der Waals surface area contributed by atoms with Crippen molar-refractivity contribution < 1.29 is 10.0 Å². The molecule has 6 heteroatoms. The van der Waals surface area contributed by atoms with E-state index in [1.54, 1.807) is 19.2 Å². The van der Waals surface area contributed by atoms with Crippen LogP contribution in [0.5, 0.6) is 0 Å². The number of aliphatic hydroxyl groups is 1. The summed E-state index contributed by atoms with van der Waals surface area (Å²) in [5.74, 6) is 0.397. The van der Waals surface area contributed by atoms with Crippen molar-refractivity contribution in [1.29, 1.82) is 0 Å². The molecular formula is C14H23N3O3. The van der Waals surface area contributed by atoms with Gasteiger partial charge >= 0.3 is 0 Å². The largest absolute Gasteiger partial charge is 0.396 e. The molecular weight excluding hydrogens is 258 g/mol. The molecule has 0 spiro atoms. The highest BCUT2D eigenvalue weighted by molar-refractivity contribution is 5.62. The minimum absolute atomic E-state index is 0.0788. The van der Waals surface area contributed by atoms with Gasteiger partial charge in [0.25, 0.3) is 5.69 Å². The van der Waals surface area contributed by atoms with E-state index in [1.807, 2.05) is 6.07 Å². The second kappa shape index (κ2) is 7.81. The molecule has 0 saturated heterocycles. The number of hydrogen-bond donors (Lipinski definition) is 3. The minimum atomic E-state index is -0.386. The van der Waals surface area contributed by atoms with Crippen LogP contribution in [-0.2, 0) is 6.54 Å². The number of nitro benzene ring substituents is 1. The molecule has 112 valence electrons. The van der Waals surface area contributed by atoms with Gasteiger partial charge in [0, 0.05) is 32.3 Å². The van der Waals surface area contributed by atoms with Gasteiger partial charge in [-0.05, 0) is 24.0 Å². The van der Waals surface area contributed by atoms with E-state index in [1.165, 1.54) is 0 Å². The van der Waals surface area contributed by atoms with Gasteiger partial charge in [-0.15, -0.1) is 0 Å². The molecule has 0 aromatic heterocycles. The molecule has 0 heterocycles. The number of hydrogen-bond acceptors (Lipinski definition) is 5. The normalized spacial score (nSPS) is 12.4. The molecule has 0 saturated carbocycles. The highest BCUT2D eigenvalue weighted by atomic mass is 16.6. The van der Waals surface area contributed by atoms with E-state index in [4.69, 9.17) is 5.11 Å². The lowest BCUT2D eigenvalue weighted by molar-refractivity contribution is -0.384. The van der Waals surface area contributed by atoms with Crippen molar-refractivity contribution in [3.63, 3.8) is 0 Å². The van der Waals surface area contributed by atoms with Crippen molar-refractivity contribution in [1.82, 2.24) is 5.32 Å². The monoisotopic (exact) mass is 281 g/mol. The zero-order chi connectivity index (χ0) is 15.1. The number of benzene rings is 1. The maximum absolute atomic E-state index is 11.0. The van der Waals surface area contributed by atoms with Crippen LogP contribution in [-0.4, -0.2) is 29.7 Å². The highest BCUT2D eigenvalue weighted by Crippen LogP contribution is 2.25. The second-order valence-electron chi connectivity index (χ2n) is 5.10. The second-order valence-corrected chi connectivity index (χ2v) is 5.10. The molecule has 1 aromatic rings. The smallest absolute Gasteiger partial charge is 0.292 e. The third kappa shape index (κ3) is 4.47. The van der Waals surface area contributed by atoms with Gasteiger partial charge < -0.3 is 15.7 Å². The number of nitrogens with zero attached hydrogens (tertiary/aromatic N) is 1. The van der Waals surface area contributed by atoms with Gasteiger partial charge in [0.05, 0.1) is 4.92 Å². The maximum Gasteiger partial charge on any atom is 0.292 e. The van der Waals surface area contributed by atoms with Gasteiger partial charge in [0.2, 0.25) is 0 Å². The standard InChI is InChI=1S/C14H23N3O3/c1-10(2)12(6-7-18)16-9-11-4-5-13(15-3)14(8-11)17(19)20/h4-5,8,10,12,15-16,18H,6-7,9H2,1-3H3. The van der Waals surface area contributed by atoms with E-state index in [0.29, 0.717) is 24.6 Å². The Kier molecular flexibility index (Phi) is 6.41. The summed E-state index contributed by atoms with van der Waals surface area (Å²) in [4.78, 5) is 10.6. The van der Waals surface area contributed by atoms with Gasteiger partial charge in [-0.25, -0.2) is 0 Å². The van der Waals surface area contributed by atoms with Crippen molar-refractivity contribution in [2.24, 2.45) is 5.92 Å². The lowest BCUT2D eigenvalue weighted by Gasteiger charge is -2.21. The quantitative estimate of drug-likeness (QED) is 0.502. The Morgan fingerprint density at radius 2 is 2.10 bits per heavy atom. The van der Waals surface area contributed by atoms with E-state index in [-0.39, 0.29) is 23.3 Å². The average Bonchev–Trinajstić information content (AvgIpc) is 2.42. The third-order valence-electron chi connectivity index (χ3n) is 3.34. The van der Waals surface area contributed by atoms with Crippen LogP contribution in [0.4, 0.5) is 11.4 Å². The van der Waals surface area contributed by atoms with Crippen molar-refractivity contribution >= 4 is 11.4 Å². The fourth-order valence-electron chi connectivity index (χ4n) is 2.11. The zero-order valence-electron chi connectivity index (χ0n) is 12.2. The molecule has 1 atom stereocenters. The van der Waals surface area contributed by atoms with Crippen molar-refractivity contribution in [3.05, 3.63) is 33.9 Å². The topological polar surface area (TPSA) is 87.4 Å². The molecule has 0 bridgehead atoms. The lowest BCUT2D eigenvalue weighted by atomic mass is 10.0. The van der Waals surface area contributed by atoms with Crippen molar-refractivity contribution in [3.8, 4) is 0 Å². The molecule has 1 unspecified atom stereocenters. The molecule has 0 fully saturated rings. The summed E-state index contributed by atoms with van der Waals surface area (Å²) >= 11 is 0. The van der Waals surface area contributed by atoms with Crippen LogP contribution in [0, 0.1) is 16.0 Å². The van der Waals surface area contributed by atoms with Gasteiger partial charge in [0.15, 0.2) is 0 Å². The first-order valence-corrected chi connectivity index (χ1v) is 6.79. The Balaban J connectivity index is 2.77. The van der Waals surface area contributed by atoms with Crippen LogP contribution in [0.2, 0.25) is 0 Å². The summed E-state index contributed by atoms with van der Waals surface area (Å²) in [6.07, 6.45) is 0.675. The Hall–Kier alpha value is -1.66. The predicted molar refractivity (Wildman–Crippen MR) is 79.8 cm³/mol. The zero-order valence-corrected chi connectivity index (χ0v) is 12.2. The Labute approximate surface area is 119 Å².